The summed E-state index contributed by atoms with van der Waals surface area (Å²) < 4.78 is 14.8. The molecule has 3 aromatic rings. The van der Waals surface area contributed by atoms with Crippen LogP contribution in [-0.2, 0) is 10.4 Å². The predicted octanol–water partition coefficient (Wildman–Crippen LogP) is 4.30. The summed E-state index contributed by atoms with van der Waals surface area (Å²) in [6, 6.07) is 8.23. The van der Waals surface area contributed by atoms with Crippen LogP contribution >= 0.6 is 22.6 Å². The van der Waals surface area contributed by atoms with Crippen molar-refractivity contribution in [2.75, 3.05) is 5.32 Å². The van der Waals surface area contributed by atoms with E-state index in [1.54, 1.807) is 30.6 Å². The lowest BCUT2D eigenvalue weighted by atomic mass is 9.75. The van der Waals surface area contributed by atoms with Gasteiger partial charge in [0.25, 0.3) is 0 Å². The molecule has 30 heavy (non-hydrogen) atoms. The van der Waals surface area contributed by atoms with Gasteiger partial charge in [0.1, 0.15) is 5.82 Å². The fourth-order valence-corrected chi connectivity index (χ4v) is 4.66. The summed E-state index contributed by atoms with van der Waals surface area (Å²) in [5.74, 6) is -0.555. The Kier molecular flexibility index (Phi) is 6.05. The zero-order chi connectivity index (χ0) is 21.1. The lowest BCUT2D eigenvalue weighted by molar-refractivity contribution is -0.123. The Bertz CT molecular complexity index is 1050. The van der Waals surface area contributed by atoms with E-state index in [9.17, 15) is 14.3 Å². The highest BCUT2D eigenvalue weighted by Gasteiger charge is 2.38. The first-order chi connectivity index (χ1) is 14.5. The van der Waals surface area contributed by atoms with E-state index in [2.05, 4.69) is 42.9 Å². The van der Waals surface area contributed by atoms with Gasteiger partial charge in [0.2, 0.25) is 11.9 Å². The van der Waals surface area contributed by atoms with Crippen LogP contribution in [0.4, 0.5) is 10.3 Å². The molecule has 0 radical (unpaired) electrons. The summed E-state index contributed by atoms with van der Waals surface area (Å²) in [7, 11) is 0. The number of hydrogen-bond acceptors (Lipinski definition) is 5. The van der Waals surface area contributed by atoms with Gasteiger partial charge in [-0.2, -0.15) is 0 Å². The highest BCUT2D eigenvalue weighted by atomic mass is 127. The second-order valence-corrected chi connectivity index (χ2v) is 8.59. The summed E-state index contributed by atoms with van der Waals surface area (Å²) in [6.45, 7) is 0. The van der Waals surface area contributed by atoms with Crippen molar-refractivity contribution in [3.8, 4) is 11.1 Å². The quantitative estimate of drug-likeness (QED) is 0.503. The number of carbonyl (C=O) groups excluding carboxylic acids is 1. The van der Waals surface area contributed by atoms with Crippen LogP contribution in [0.3, 0.4) is 0 Å². The number of anilines is 1. The van der Waals surface area contributed by atoms with Crippen molar-refractivity contribution in [3.63, 3.8) is 0 Å². The Balaban J connectivity index is 1.38. The number of nitrogens with one attached hydrogen (secondary N) is 1. The van der Waals surface area contributed by atoms with Gasteiger partial charge in [0.15, 0.2) is 0 Å². The van der Waals surface area contributed by atoms with Crippen LogP contribution in [0.15, 0.2) is 55.1 Å². The van der Waals surface area contributed by atoms with Gasteiger partial charge < -0.3 is 5.11 Å². The molecule has 0 atom stereocenters. The van der Waals surface area contributed by atoms with Crippen LogP contribution in [0, 0.1) is 15.3 Å². The summed E-state index contributed by atoms with van der Waals surface area (Å²) in [4.78, 5) is 25.0. The monoisotopic (exact) mass is 518 g/mol. The number of amides is 1. The topological polar surface area (TPSA) is 88.0 Å². The molecular formula is C22H20FIN4O2. The van der Waals surface area contributed by atoms with Crippen LogP contribution in [0.5, 0.6) is 0 Å². The Morgan fingerprint density at radius 3 is 2.50 bits per heavy atom. The standard InChI is InChI=1S/C22H20FIN4O2/c23-18-4-2-1-3-16(18)15-11-26-21(27-12-15)28-20(29)14-5-8-22(30,9-6-14)17-7-10-25-13-19(17)24/h1-4,7,10-14,30H,5-6,8-9H2,(H,26,27,28,29)/t14-,22-. The number of aromatic nitrogens is 3. The molecule has 4 rings (SSSR count). The van der Waals surface area contributed by atoms with E-state index in [1.165, 1.54) is 18.5 Å². The Morgan fingerprint density at radius 1 is 1.13 bits per heavy atom. The molecule has 2 heterocycles. The number of aliphatic hydroxyl groups is 1. The molecule has 2 N–H and O–H groups in total. The minimum absolute atomic E-state index is 0.167. The van der Waals surface area contributed by atoms with Gasteiger partial charge in [0.05, 0.1) is 5.60 Å². The van der Waals surface area contributed by atoms with Gasteiger partial charge in [0, 0.05) is 45.4 Å². The minimum atomic E-state index is -0.936. The van der Waals surface area contributed by atoms with Crippen molar-refractivity contribution >= 4 is 34.4 Å². The first-order valence-corrected chi connectivity index (χ1v) is 10.7. The zero-order valence-corrected chi connectivity index (χ0v) is 18.2. The number of pyridine rings is 1. The number of benzene rings is 1. The van der Waals surface area contributed by atoms with E-state index in [0.29, 0.717) is 36.8 Å². The van der Waals surface area contributed by atoms with E-state index in [1.807, 2.05) is 6.07 Å². The number of rotatable bonds is 4. The van der Waals surface area contributed by atoms with E-state index < -0.39 is 5.60 Å². The van der Waals surface area contributed by atoms with E-state index >= 15 is 0 Å². The summed E-state index contributed by atoms with van der Waals surface area (Å²) in [6.07, 6.45) is 8.52. The smallest absolute Gasteiger partial charge is 0.229 e. The van der Waals surface area contributed by atoms with Gasteiger partial charge in [-0.3, -0.25) is 15.1 Å². The normalized spacial score (nSPS) is 21.2. The lowest BCUT2D eigenvalue weighted by Gasteiger charge is -2.36. The van der Waals surface area contributed by atoms with Crippen molar-refractivity contribution < 1.29 is 14.3 Å². The third kappa shape index (κ3) is 4.34. The maximum absolute atomic E-state index is 13.9. The van der Waals surface area contributed by atoms with Crippen molar-refractivity contribution in [2.45, 2.75) is 31.3 Å². The highest BCUT2D eigenvalue weighted by molar-refractivity contribution is 14.1. The van der Waals surface area contributed by atoms with Crippen molar-refractivity contribution in [3.05, 3.63) is 70.1 Å². The Hall–Kier alpha value is -2.46. The minimum Gasteiger partial charge on any atom is -0.385 e. The number of nitrogens with zero attached hydrogens (tertiary/aromatic N) is 3. The lowest BCUT2D eigenvalue weighted by Crippen LogP contribution is -2.36. The molecule has 0 aliphatic heterocycles. The molecule has 1 aromatic carbocycles. The third-order valence-corrected chi connectivity index (χ3v) is 6.39. The molecule has 1 amide bonds. The second-order valence-electron chi connectivity index (χ2n) is 7.43. The van der Waals surface area contributed by atoms with Gasteiger partial charge in [-0.25, -0.2) is 14.4 Å². The molecule has 154 valence electrons. The van der Waals surface area contributed by atoms with Crippen molar-refractivity contribution in [1.29, 1.82) is 0 Å². The maximum Gasteiger partial charge on any atom is 0.229 e. The molecule has 1 saturated carbocycles. The fourth-order valence-electron chi connectivity index (χ4n) is 3.82. The van der Waals surface area contributed by atoms with Gasteiger partial charge >= 0.3 is 0 Å². The van der Waals surface area contributed by atoms with Crippen LogP contribution in [-0.4, -0.2) is 26.0 Å². The van der Waals surface area contributed by atoms with E-state index in [-0.39, 0.29) is 23.6 Å². The third-order valence-electron chi connectivity index (χ3n) is 5.53. The van der Waals surface area contributed by atoms with Crippen LogP contribution < -0.4 is 5.32 Å². The number of carbonyl (C=O) groups is 1. The second kappa shape index (κ2) is 8.73. The van der Waals surface area contributed by atoms with Crippen molar-refractivity contribution in [1.82, 2.24) is 15.0 Å². The average molecular weight is 518 g/mol. The largest absolute Gasteiger partial charge is 0.385 e. The van der Waals surface area contributed by atoms with Crippen LogP contribution in [0.2, 0.25) is 0 Å². The van der Waals surface area contributed by atoms with Crippen LogP contribution in [0.1, 0.15) is 31.2 Å². The molecule has 1 fully saturated rings. The predicted molar refractivity (Wildman–Crippen MR) is 119 cm³/mol. The number of hydrogen-bond donors (Lipinski definition) is 2. The maximum atomic E-state index is 13.9. The zero-order valence-electron chi connectivity index (χ0n) is 16.1. The highest BCUT2D eigenvalue weighted by Crippen LogP contribution is 2.41. The van der Waals surface area contributed by atoms with Gasteiger partial charge in [-0.1, -0.05) is 18.2 Å². The molecular weight excluding hydrogens is 498 g/mol. The van der Waals surface area contributed by atoms with E-state index in [0.717, 1.165) is 9.13 Å². The summed E-state index contributed by atoms with van der Waals surface area (Å²) >= 11 is 2.17. The molecule has 0 saturated heterocycles. The molecule has 0 unspecified atom stereocenters. The van der Waals surface area contributed by atoms with Gasteiger partial charge in [-0.15, -0.1) is 0 Å². The fraction of sp³-hybridized carbons (Fsp3) is 0.273. The van der Waals surface area contributed by atoms with Crippen LogP contribution in [0.25, 0.3) is 11.1 Å². The van der Waals surface area contributed by atoms with Gasteiger partial charge in [-0.05, 0) is 66.0 Å². The number of halogens is 2. The summed E-state index contributed by atoms with van der Waals surface area (Å²) in [5, 5.41) is 13.8. The molecule has 1 aliphatic carbocycles. The first kappa shape index (κ1) is 20.8. The molecule has 1 aliphatic rings. The molecule has 8 heteroatoms. The molecule has 0 spiro atoms. The van der Waals surface area contributed by atoms with Crippen molar-refractivity contribution in [2.24, 2.45) is 5.92 Å². The Labute approximate surface area is 187 Å². The van der Waals surface area contributed by atoms with E-state index in [4.69, 9.17) is 0 Å². The Morgan fingerprint density at radius 2 is 1.83 bits per heavy atom. The molecule has 0 bridgehead atoms. The SMILES string of the molecule is O=C(Nc1ncc(-c2ccccc2F)cn1)[C@H]1CC[C@@](O)(c2ccncc2I)CC1. The molecule has 2 aromatic heterocycles. The molecule has 6 nitrogen and oxygen atoms in total. The summed E-state index contributed by atoms with van der Waals surface area (Å²) in [5.41, 5.74) is 0.881. The average Bonchev–Trinajstić information content (AvgIpc) is 2.75. The first-order valence-electron chi connectivity index (χ1n) is 9.66.